The van der Waals surface area contributed by atoms with Crippen LogP contribution in [-0.4, -0.2) is 28.0 Å². The fourth-order valence-electron chi connectivity index (χ4n) is 2.60. The number of nitrogens with two attached hydrogens (primary N) is 1. The Bertz CT molecular complexity index is 725. The van der Waals surface area contributed by atoms with Crippen molar-refractivity contribution in [1.29, 1.82) is 0 Å². The molecule has 22 heavy (non-hydrogen) atoms. The van der Waals surface area contributed by atoms with Gasteiger partial charge in [0.15, 0.2) is 5.82 Å². The van der Waals surface area contributed by atoms with Crippen LogP contribution in [0.15, 0.2) is 34.9 Å². The third kappa shape index (κ3) is 2.65. The molecule has 0 aliphatic carbocycles. The standard InChI is InChI=1S/C15H16N4O3/c1-9-6-13(18-22-9)17-15(21)19-8-11-5-3-2-4-10(11)7-12(19)14(16)20/h2-6,12H,7-8H2,1H3,(H2,16,20)(H,17,18,21)/t12-/m0/s1. The number of carbonyl (C=O) groups is 2. The van der Waals surface area contributed by atoms with E-state index in [-0.39, 0.29) is 0 Å². The minimum atomic E-state index is -0.678. The molecule has 0 radical (unpaired) electrons. The van der Waals surface area contributed by atoms with Crippen LogP contribution >= 0.6 is 0 Å². The number of carbonyl (C=O) groups excluding carboxylic acids is 2. The lowest BCUT2D eigenvalue weighted by Gasteiger charge is -2.34. The third-order valence-electron chi connectivity index (χ3n) is 3.70. The molecule has 0 fully saturated rings. The summed E-state index contributed by atoms with van der Waals surface area (Å²) in [5.41, 5.74) is 7.50. The van der Waals surface area contributed by atoms with Crippen molar-refractivity contribution in [3.05, 3.63) is 47.2 Å². The number of fused-ring (bicyclic) bond motifs is 1. The van der Waals surface area contributed by atoms with Gasteiger partial charge in [0, 0.05) is 19.0 Å². The first-order valence-electron chi connectivity index (χ1n) is 6.91. The topological polar surface area (TPSA) is 101 Å². The SMILES string of the molecule is Cc1cc(NC(=O)N2Cc3ccccc3C[C@H]2C(N)=O)no1. The van der Waals surface area contributed by atoms with Crippen LogP contribution in [0.4, 0.5) is 10.6 Å². The molecule has 1 aromatic carbocycles. The normalized spacial score (nSPS) is 17.0. The van der Waals surface area contributed by atoms with Gasteiger partial charge in [-0.15, -0.1) is 0 Å². The number of amides is 3. The summed E-state index contributed by atoms with van der Waals surface area (Å²) in [6, 6.07) is 8.20. The molecule has 7 heteroatoms. The highest BCUT2D eigenvalue weighted by Gasteiger charge is 2.33. The number of benzene rings is 1. The first-order valence-corrected chi connectivity index (χ1v) is 6.91. The maximum absolute atomic E-state index is 12.4. The molecule has 3 rings (SSSR count). The summed E-state index contributed by atoms with van der Waals surface area (Å²) in [7, 11) is 0. The molecule has 1 atom stereocenters. The first kappa shape index (κ1) is 14.1. The van der Waals surface area contributed by atoms with E-state index in [0.29, 0.717) is 24.5 Å². The largest absolute Gasteiger partial charge is 0.368 e. The quantitative estimate of drug-likeness (QED) is 0.875. The predicted molar refractivity (Wildman–Crippen MR) is 78.9 cm³/mol. The van der Waals surface area contributed by atoms with Crippen LogP contribution in [-0.2, 0) is 17.8 Å². The molecule has 114 valence electrons. The van der Waals surface area contributed by atoms with E-state index in [0.717, 1.165) is 11.1 Å². The Morgan fingerprint density at radius 1 is 1.36 bits per heavy atom. The van der Waals surface area contributed by atoms with Gasteiger partial charge in [-0.3, -0.25) is 10.1 Å². The van der Waals surface area contributed by atoms with Crippen molar-refractivity contribution in [2.24, 2.45) is 5.73 Å². The van der Waals surface area contributed by atoms with E-state index in [4.69, 9.17) is 10.3 Å². The molecule has 2 aromatic rings. The molecule has 2 heterocycles. The Labute approximate surface area is 127 Å². The molecule has 0 saturated heterocycles. The highest BCUT2D eigenvalue weighted by molar-refractivity contribution is 5.93. The zero-order chi connectivity index (χ0) is 15.7. The van der Waals surface area contributed by atoms with E-state index >= 15 is 0 Å². The Hall–Kier alpha value is -2.83. The highest BCUT2D eigenvalue weighted by Crippen LogP contribution is 2.24. The lowest BCUT2D eigenvalue weighted by molar-refractivity contribution is -0.122. The van der Waals surface area contributed by atoms with Gasteiger partial charge < -0.3 is 15.2 Å². The Morgan fingerprint density at radius 3 is 2.73 bits per heavy atom. The summed E-state index contributed by atoms with van der Waals surface area (Å²) in [5.74, 6) is 0.372. The number of hydrogen-bond acceptors (Lipinski definition) is 4. The van der Waals surface area contributed by atoms with E-state index in [1.807, 2.05) is 24.3 Å². The maximum atomic E-state index is 12.4. The van der Waals surface area contributed by atoms with Crippen LogP contribution in [0.2, 0.25) is 0 Å². The molecule has 0 bridgehead atoms. The van der Waals surface area contributed by atoms with Gasteiger partial charge in [-0.25, -0.2) is 4.79 Å². The van der Waals surface area contributed by atoms with Crippen molar-refractivity contribution in [3.8, 4) is 0 Å². The van der Waals surface area contributed by atoms with Crippen molar-refractivity contribution < 1.29 is 14.1 Å². The van der Waals surface area contributed by atoms with Gasteiger partial charge in [-0.05, 0) is 18.1 Å². The van der Waals surface area contributed by atoms with E-state index in [9.17, 15) is 9.59 Å². The summed E-state index contributed by atoms with van der Waals surface area (Å²) < 4.78 is 4.91. The second-order valence-electron chi connectivity index (χ2n) is 5.27. The third-order valence-corrected chi connectivity index (χ3v) is 3.70. The zero-order valence-electron chi connectivity index (χ0n) is 12.1. The number of urea groups is 1. The lowest BCUT2D eigenvalue weighted by Crippen LogP contribution is -2.52. The number of rotatable bonds is 2. The number of anilines is 1. The van der Waals surface area contributed by atoms with E-state index < -0.39 is 18.0 Å². The number of nitrogens with zero attached hydrogens (tertiary/aromatic N) is 2. The van der Waals surface area contributed by atoms with Gasteiger partial charge in [-0.1, -0.05) is 29.4 Å². The monoisotopic (exact) mass is 300 g/mol. The average Bonchev–Trinajstić information content (AvgIpc) is 2.90. The second kappa shape index (κ2) is 5.51. The number of hydrogen-bond donors (Lipinski definition) is 2. The van der Waals surface area contributed by atoms with Crippen molar-refractivity contribution >= 4 is 17.8 Å². The van der Waals surface area contributed by atoms with Crippen molar-refractivity contribution in [2.75, 3.05) is 5.32 Å². The molecule has 1 aromatic heterocycles. The summed E-state index contributed by atoms with van der Waals surface area (Å²) in [6.07, 6.45) is 0.413. The molecule has 1 aliphatic heterocycles. The van der Waals surface area contributed by atoms with Gasteiger partial charge >= 0.3 is 6.03 Å². The van der Waals surface area contributed by atoms with Crippen molar-refractivity contribution in [3.63, 3.8) is 0 Å². The zero-order valence-corrected chi connectivity index (χ0v) is 12.1. The molecule has 0 saturated carbocycles. The number of aryl methyl sites for hydroxylation is 1. The van der Waals surface area contributed by atoms with Crippen molar-refractivity contribution in [1.82, 2.24) is 10.1 Å². The second-order valence-corrected chi connectivity index (χ2v) is 5.27. The first-order chi connectivity index (χ1) is 10.5. The van der Waals surface area contributed by atoms with Gasteiger partial charge in [0.25, 0.3) is 0 Å². The molecular weight excluding hydrogens is 284 g/mol. The van der Waals surface area contributed by atoms with E-state index in [1.165, 1.54) is 4.90 Å². The predicted octanol–water partition coefficient (Wildman–Crippen LogP) is 1.43. The highest BCUT2D eigenvalue weighted by atomic mass is 16.5. The number of aromatic nitrogens is 1. The smallest absolute Gasteiger partial charge is 0.324 e. The molecule has 7 nitrogen and oxygen atoms in total. The fourth-order valence-corrected chi connectivity index (χ4v) is 2.60. The molecule has 1 aliphatic rings. The Kier molecular flexibility index (Phi) is 3.54. The Morgan fingerprint density at radius 2 is 2.09 bits per heavy atom. The van der Waals surface area contributed by atoms with Gasteiger partial charge in [0.1, 0.15) is 11.8 Å². The maximum Gasteiger partial charge on any atom is 0.324 e. The molecule has 0 spiro atoms. The van der Waals surface area contributed by atoms with E-state index in [1.54, 1.807) is 13.0 Å². The summed E-state index contributed by atoms with van der Waals surface area (Å²) in [5, 5.41) is 6.34. The average molecular weight is 300 g/mol. The van der Waals surface area contributed by atoms with Crippen LogP contribution in [0.1, 0.15) is 16.9 Å². The molecule has 3 N–H and O–H groups in total. The molecule has 3 amide bonds. The number of primary amides is 1. The molecule has 0 unspecified atom stereocenters. The van der Waals surface area contributed by atoms with Crippen molar-refractivity contribution in [2.45, 2.75) is 25.9 Å². The summed E-state index contributed by atoms with van der Waals surface area (Å²) in [4.78, 5) is 25.6. The van der Waals surface area contributed by atoms with Crippen LogP contribution in [0.5, 0.6) is 0 Å². The minimum Gasteiger partial charge on any atom is -0.368 e. The van der Waals surface area contributed by atoms with Gasteiger partial charge in [-0.2, -0.15) is 0 Å². The van der Waals surface area contributed by atoms with E-state index in [2.05, 4.69) is 10.5 Å². The minimum absolute atomic E-state index is 0.310. The van der Waals surface area contributed by atoms with Crippen LogP contribution in [0, 0.1) is 6.92 Å². The summed E-state index contributed by atoms with van der Waals surface area (Å²) >= 11 is 0. The van der Waals surface area contributed by atoms with Crippen LogP contribution in [0.3, 0.4) is 0 Å². The lowest BCUT2D eigenvalue weighted by atomic mass is 9.94. The van der Waals surface area contributed by atoms with Gasteiger partial charge in [0.2, 0.25) is 5.91 Å². The van der Waals surface area contributed by atoms with Gasteiger partial charge in [0.05, 0.1) is 0 Å². The number of nitrogens with one attached hydrogen (secondary N) is 1. The Balaban J connectivity index is 1.84. The molecular formula is C15H16N4O3. The van der Waals surface area contributed by atoms with Crippen LogP contribution in [0.25, 0.3) is 0 Å². The summed E-state index contributed by atoms with van der Waals surface area (Å²) in [6.45, 7) is 2.05. The fraction of sp³-hybridized carbons (Fsp3) is 0.267. The van der Waals surface area contributed by atoms with Crippen LogP contribution < -0.4 is 11.1 Å².